The lowest BCUT2D eigenvalue weighted by Crippen LogP contribution is -2.47. The van der Waals surface area contributed by atoms with Gasteiger partial charge in [-0.2, -0.15) is 0 Å². The number of nitrogens with one attached hydrogen (secondary N) is 1. The van der Waals surface area contributed by atoms with Crippen LogP contribution in [0, 0.1) is 13.8 Å². The number of anilines is 2. The third-order valence-corrected chi connectivity index (χ3v) is 7.72. The minimum absolute atomic E-state index is 0.784. The first kappa shape index (κ1) is 25.1. The summed E-state index contributed by atoms with van der Waals surface area (Å²) in [6, 6.07) is 27.2. The highest BCUT2D eigenvalue weighted by molar-refractivity contribution is 5.88. The first-order valence-electron chi connectivity index (χ1n) is 13.8. The van der Waals surface area contributed by atoms with Crippen LogP contribution in [0.1, 0.15) is 17.5 Å². The Morgan fingerprint density at radius 1 is 0.795 bits per heavy atom. The lowest BCUT2D eigenvalue weighted by Gasteiger charge is -2.37. The second-order valence-corrected chi connectivity index (χ2v) is 10.2. The minimum Gasteiger partial charge on any atom is -0.369 e. The lowest BCUT2D eigenvalue weighted by atomic mass is 10.1. The van der Waals surface area contributed by atoms with E-state index in [1.165, 1.54) is 16.8 Å². The molecule has 1 aliphatic heterocycles. The largest absolute Gasteiger partial charge is 0.369 e. The van der Waals surface area contributed by atoms with Crippen molar-refractivity contribution in [3.8, 4) is 17.1 Å². The van der Waals surface area contributed by atoms with Gasteiger partial charge in [-0.05, 0) is 56.1 Å². The highest BCUT2D eigenvalue weighted by Gasteiger charge is 2.20. The second-order valence-electron chi connectivity index (χ2n) is 10.2. The van der Waals surface area contributed by atoms with Gasteiger partial charge < -0.3 is 10.2 Å². The van der Waals surface area contributed by atoms with E-state index in [9.17, 15) is 0 Å². The van der Waals surface area contributed by atoms with Crippen LogP contribution >= 0.6 is 0 Å². The monoisotopic (exact) mass is 517 g/mol. The van der Waals surface area contributed by atoms with Gasteiger partial charge in [-0.1, -0.05) is 60.7 Å². The number of fused-ring (bicyclic) bond motifs is 1. The number of hydrogen-bond donors (Lipinski definition) is 1. The fourth-order valence-electron chi connectivity index (χ4n) is 5.42. The summed E-state index contributed by atoms with van der Waals surface area (Å²) in [7, 11) is 0. The standard InChI is InChI=1S/C32H35N7/c1-24-11-9-16-28(25(24)2)38-21-19-37(20-22-38)18-10-17-33-30-29-32(35-23-34-30)39(27-14-7-4-8-15-27)31(36-29)26-12-5-3-6-13-26/h3-9,11-16,23H,10,17-22H2,1-2H3,(H,33,34,35). The number of rotatable bonds is 8. The molecule has 2 aromatic heterocycles. The van der Waals surface area contributed by atoms with Crippen LogP contribution < -0.4 is 10.2 Å². The summed E-state index contributed by atoms with van der Waals surface area (Å²) in [5, 5.41) is 3.56. The molecule has 39 heavy (non-hydrogen) atoms. The SMILES string of the molecule is Cc1cccc(N2CCN(CCCNc3ncnc4c3nc(-c3ccccc3)n4-c3ccccc3)CC2)c1C. The van der Waals surface area contributed by atoms with Gasteiger partial charge in [0, 0.05) is 49.7 Å². The zero-order valence-electron chi connectivity index (χ0n) is 22.7. The zero-order chi connectivity index (χ0) is 26.6. The number of imidazole rings is 1. The van der Waals surface area contributed by atoms with Crippen molar-refractivity contribution in [1.29, 1.82) is 0 Å². The fraction of sp³-hybridized carbons (Fsp3) is 0.281. The Hall–Kier alpha value is -4.23. The molecule has 0 aliphatic carbocycles. The Balaban J connectivity index is 1.13. The van der Waals surface area contributed by atoms with E-state index in [-0.39, 0.29) is 0 Å². The maximum absolute atomic E-state index is 5.04. The molecule has 5 aromatic rings. The molecule has 7 nitrogen and oxygen atoms in total. The third-order valence-electron chi connectivity index (χ3n) is 7.72. The first-order valence-corrected chi connectivity index (χ1v) is 13.8. The Labute approximate surface area is 230 Å². The molecular weight excluding hydrogens is 482 g/mol. The quantitative estimate of drug-likeness (QED) is 0.266. The van der Waals surface area contributed by atoms with E-state index in [0.717, 1.165) is 79.7 Å². The van der Waals surface area contributed by atoms with Gasteiger partial charge in [-0.15, -0.1) is 0 Å². The van der Waals surface area contributed by atoms with Gasteiger partial charge in [0.1, 0.15) is 12.2 Å². The number of hydrogen-bond acceptors (Lipinski definition) is 6. The van der Waals surface area contributed by atoms with E-state index in [0.29, 0.717) is 0 Å². The summed E-state index contributed by atoms with van der Waals surface area (Å²) < 4.78 is 2.12. The summed E-state index contributed by atoms with van der Waals surface area (Å²) in [6.07, 6.45) is 2.67. The predicted molar refractivity (Wildman–Crippen MR) is 160 cm³/mol. The van der Waals surface area contributed by atoms with E-state index in [2.05, 4.69) is 86.0 Å². The van der Waals surface area contributed by atoms with E-state index >= 15 is 0 Å². The topological polar surface area (TPSA) is 62.1 Å². The summed E-state index contributed by atoms with van der Waals surface area (Å²) in [5.41, 5.74) is 7.82. The summed E-state index contributed by atoms with van der Waals surface area (Å²) in [5.74, 6) is 1.65. The Bertz CT molecular complexity index is 1540. The number of nitrogens with zero attached hydrogens (tertiary/aromatic N) is 6. The summed E-state index contributed by atoms with van der Waals surface area (Å²) in [4.78, 5) is 19.4. The van der Waals surface area contributed by atoms with Crippen molar-refractivity contribution in [2.45, 2.75) is 20.3 Å². The van der Waals surface area contributed by atoms with Gasteiger partial charge in [-0.3, -0.25) is 9.47 Å². The van der Waals surface area contributed by atoms with Crippen LogP contribution in [0.4, 0.5) is 11.5 Å². The average Bonchev–Trinajstić information content (AvgIpc) is 3.39. The van der Waals surface area contributed by atoms with Crippen LogP contribution in [0.25, 0.3) is 28.2 Å². The highest BCUT2D eigenvalue weighted by Crippen LogP contribution is 2.30. The van der Waals surface area contributed by atoms with Crippen LogP contribution in [-0.2, 0) is 0 Å². The molecule has 1 saturated heterocycles. The van der Waals surface area contributed by atoms with Crippen molar-refractivity contribution in [3.63, 3.8) is 0 Å². The Kier molecular flexibility index (Phi) is 7.23. The zero-order valence-corrected chi connectivity index (χ0v) is 22.7. The lowest BCUT2D eigenvalue weighted by molar-refractivity contribution is 0.257. The molecule has 0 saturated carbocycles. The molecule has 6 rings (SSSR count). The number of para-hydroxylation sites is 1. The molecule has 1 fully saturated rings. The van der Waals surface area contributed by atoms with Crippen molar-refractivity contribution in [2.24, 2.45) is 0 Å². The van der Waals surface area contributed by atoms with Gasteiger partial charge in [0.25, 0.3) is 0 Å². The van der Waals surface area contributed by atoms with Crippen LogP contribution in [0.2, 0.25) is 0 Å². The third kappa shape index (κ3) is 5.22. The summed E-state index contributed by atoms with van der Waals surface area (Å²) in [6.45, 7) is 10.7. The van der Waals surface area contributed by atoms with E-state index in [1.54, 1.807) is 6.33 Å². The number of benzene rings is 3. The molecule has 0 radical (unpaired) electrons. The van der Waals surface area contributed by atoms with Crippen molar-refractivity contribution < 1.29 is 0 Å². The summed E-state index contributed by atoms with van der Waals surface area (Å²) >= 11 is 0. The Morgan fingerprint density at radius 3 is 2.31 bits per heavy atom. The molecule has 1 aliphatic rings. The molecule has 198 valence electrons. The maximum atomic E-state index is 5.04. The highest BCUT2D eigenvalue weighted by atomic mass is 15.3. The number of aryl methyl sites for hydroxylation is 1. The van der Waals surface area contributed by atoms with Crippen molar-refractivity contribution >= 4 is 22.7 Å². The predicted octanol–water partition coefficient (Wildman–Crippen LogP) is 5.72. The van der Waals surface area contributed by atoms with Crippen molar-refractivity contribution in [2.75, 3.05) is 49.5 Å². The van der Waals surface area contributed by atoms with Gasteiger partial charge in [0.2, 0.25) is 0 Å². The van der Waals surface area contributed by atoms with Crippen molar-refractivity contribution in [1.82, 2.24) is 24.4 Å². The second kappa shape index (κ2) is 11.3. The van der Waals surface area contributed by atoms with Crippen LogP contribution in [0.15, 0.2) is 85.2 Å². The molecular formula is C32H35N7. The number of piperazine rings is 1. The molecule has 0 unspecified atom stereocenters. The molecule has 0 amide bonds. The van der Waals surface area contributed by atoms with Gasteiger partial charge in [0.15, 0.2) is 17.0 Å². The molecule has 3 aromatic carbocycles. The fourth-order valence-corrected chi connectivity index (χ4v) is 5.42. The molecule has 0 spiro atoms. The van der Waals surface area contributed by atoms with Crippen LogP contribution in [0.5, 0.6) is 0 Å². The smallest absolute Gasteiger partial charge is 0.170 e. The Morgan fingerprint density at radius 2 is 1.54 bits per heavy atom. The van der Waals surface area contributed by atoms with Crippen molar-refractivity contribution in [3.05, 3.63) is 96.3 Å². The minimum atomic E-state index is 0.784. The van der Waals surface area contributed by atoms with Crippen LogP contribution in [0.3, 0.4) is 0 Å². The van der Waals surface area contributed by atoms with Gasteiger partial charge in [-0.25, -0.2) is 15.0 Å². The van der Waals surface area contributed by atoms with Gasteiger partial charge in [0.05, 0.1) is 0 Å². The maximum Gasteiger partial charge on any atom is 0.170 e. The van der Waals surface area contributed by atoms with Crippen LogP contribution in [-0.4, -0.2) is 63.7 Å². The molecule has 7 heteroatoms. The molecule has 3 heterocycles. The molecule has 0 bridgehead atoms. The number of aromatic nitrogens is 4. The molecule has 1 N–H and O–H groups in total. The van der Waals surface area contributed by atoms with E-state index < -0.39 is 0 Å². The first-order chi connectivity index (χ1) is 19.2. The average molecular weight is 518 g/mol. The molecule has 0 atom stereocenters. The van der Waals surface area contributed by atoms with E-state index in [4.69, 9.17) is 4.98 Å². The van der Waals surface area contributed by atoms with E-state index in [1.807, 2.05) is 36.4 Å². The normalized spacial score (nSPS) is 14.2. The van der Waals surface area contributed by atoms with Gasteiger partial charge >= 0.3 is 0 Å².